The highest BCUT2D eigenvalue weighted by molar-refractivity contribution is 7.80. The number of fused-ring (bicyclic) bond motifs is 2. The summed E-state index contributed by atoms with van der Waals surface area (Å²) in [4.78, 5) is 2.40. The number of thiocarbonyl (C=S) groups is 1. The minimum atomic E-state index is 0.693. The zero-order valence-electron chi connectivity index (χ0n) is 10.8. The summed E-state index contributed by atoms with van der Waals surface area (Å²) < 4.78 is 0. The molecule has 0 radical (unpaired) electrons. The third kappa shape index (κ3) is 2.44. The zero-order chi connectivity index (χ0) is 11.8. The number of nitrogens with one attached hydrogen (secondary N) is 1. The molecule has 0 spiro atoms. The summed E-state index contributed by atoms with van der Waals surface area (Å²) in [5.41, 5.74) is 0. The lowest BCUT2D eigenvalue weighted by atomic mass is 9.95. The first-order valence-corrected chi connectivity index (χ1v) is 7.68. The molecule has 0 aromatic rings. The first-order valence-electron chi connectivity index (χ1n) is 7.28. The van der Waals surface area contributed by atoms with Gasteiger partial charge in [-0.05, 0) is 62.1 Å². The number of piperidine rings is 1. The summed E-state index contributed by atoms with van der Waals surface area (Å²) >= 11 is 5.59. The lowest BCUT2D eigenvalue weighted by Gasteiger charge is -2.35. The summed E-state index contributed by atoms with van der Waals surface area (Å²) in [7, 11) is 0. The Morgan fingerprint density at radius 1 is 1.24 bits per heavy atom. The lowest BCUT2D eigenvalue weighted by molar-refractivity contribution is 0.263. The van der Waals surface area contributed by atoms with Gasteiger partial charge in [0.2, 0.25) is 0 Å². The quantitative estimate of drug-likeness (QED) is 0.723. The van der Waals surface area contributed by atoms with Crippen LogP contribution >= 0.6 is 12.2 Å². The summed E-state index contributed by atoms with van der Waals surface area (Å²) in [6.07, 6.45) is 8.40. The van der Waals surface area contributed by atoms with E-state index in [1.54, 1.807) is 0 Å². The van der Waals surface area contributed by atoms with E-state index in [9.17, 15) is 0 Å². The average Bonchev–Trinajstić information content (AvgIpc) is 2.91. The van der Waals surface area contributed by atoms with Gasteiger partial charge in [0.25, 0.3) is 0 Å². The molecule has 4 atom stereocenters. The second-order valence-electron chi connectivity index (χ2n) is 6.42. The standard InChI is InChI=1S/C14H24N2S/c1-10-3-2-6-16(9-10)14(17)15-13-8-11-4-5-12(13)7-11/h10-13H,2-9H2,1H3,(H,15,17)/t10-,11+,12+,13-/m0/s1. The Kier molecular flexibility index (Phi) is 3.29. The van der Waals surface area contributed by atoms with Crippen LogP contribution in [0.5, 0.6) is 0 Å². The number of likely N-dealkylation sites (tertiary alicyclic amines) is 1. The van der Waals surface area contributed by atoms with Crippen molar-refractivity contribution in [2.75, 3.05) is 13.1 Å². The van der Waals surface area contributed by atoms with Crippen LogP contribution in [0.25, 0.3) is 0 Å². The van der Waals surface area contributed by atoms with Gasteiger partial charge in [-0.25, -0.2) is 0 Å². The Morgan fingerprint density at radius 2 is 2.12 bits per heavy atom. The molecule has 1 heterocycles. The van der Waals surface area contributed by atoms with Gasteiger partial charge < -0.3 is 10.2 Å². The van der Waals surface area contributed by atoms with Gasteiger partial charge in [-0.15, -0.1) is 0 Å². The fourth-order valence-electron chi connectivity index (χ4n) is 4.05. The third-order valence-corrected chi connectivity index (χ3v) is 5.37. The smallest absolute Gasteiger partial charge is 0.169 e. The van der Waals surface area contributed by atoms with Crippen LogP contribution in [0.4, 0.5) is 0 Å². The summed E-state index contributed by atoms with van der Waals surface area (Å²) in [5, 5.41) is 4.69. The minimum absolute atomic E-state index is 0.693. The highest BCUT2D eigenvalue weighted by Gasteiger charge is 2.40. The van der Waals surface area contributed by atoms with Gasteiger partial charge in [-0.2, -0.15) is 0 Å². The van der Waals surface area contributed by atoms with Gasteiger partial charge in [-0.3, -0.25) is 0 Å². The van der Waals surface area contributed by atoms with Gasteiger partial charge in [0.05, 0.1) is 0 Å². The molecule has 1 aliphatic heterocycles. The van der Waals surface area contributed by atoms with Crippen LogP contribution in [-0.2, 0) is 0 Å². The van der Waals surface area contributed by atoms with E-state index < -0.39 is 0 Å². The average molecular weight is 252 g/mol. The molecule has 3 aliphatic rings. The molecule has 17 heavy (non-hydrogen) atoms. The van der Waals surface area contributed by atoms with Crippen molar-refractivity contribution in [3.63, 3.8) is 0 Å². The van der Waals surface area contributed by atoms with Crippen molar-refractivity contribution in [1.29, 1.82) is 0 Å². The number of rotatable bonds is 1. The molecule has 0 aromatic heterocycles. The molecule has 96 valence electrons. The van der Waals surface area contributed by atoms with E-state index in [2.05, 4.69) is 17.1 Å². The number of nitrogens with zero attached hydrogens (tertiary/aromatic N) is 1. The Labute approximate surface area is 110 Å². The first-order chi connectivity index (χ1) is 8.22. The molecular weight excluding hydrogens is 228 g/mol. The zero-order valence-corrected chi connectivity index (χ0v) is 11.6. The molecule has 1 saturated heterocycles. The highest BCUT2D eigenvalue weighted by Crippen LogP contribution is 2.44. The van der Waals surface area contributed by atoms with Crippen molar-refractivity contribution in [2.45, 2.75) is 51.5 Å². The van der Waals surface area contributed by atoms with Crippen LogP contribution in [0.3, 0.4) is 0 Å². The molecule has 2 bridgehead atoms. The first kappa shape index (κ1) is 11.8. The molecular formula is C14H24N2S. The fourth-order valence-corrected chi connectivity index (χ4v) is 4.36. The van der Waals surface area contributed by atoms with E-state index in [0.29, 0.717) is 6.04 Å². The van der Waals surface area contributed by atoms with Gasteiger partial charge in [0.15, 0.2) is 5.11 Å². The molecule has 3 heteroatoms. The van der Waals surface area contributed by atoms with Crippen LogP contribution in [0, 0.1) is 17.8 Å². The van der Waals surface area contributed by atoms with Crippen molar-refractivity contribution in [3.05, 3.63) is 0 Å². The van der Waals surface area contributed by atoms with Crippen molar-refractivity contribution in [2.24, 2.45) is 17.8 Å². The maximum absolute atomic E-state index is 5.59. The molecule has 3 rings (SSSR count). The van der Waals surface area contributed by atoms with Crippen molar-refractivity contribution < 1.29 is 0 Å². The number of hydrogen-bond acceptors (Lipinski definition) is 1. The van der Waals surface area contributed by atoms with Crippen molar-refractivity contribution in [3.8, 4) is 0 Å². The number of hydrogen-bond donors (Lipinski definition) is 1. The van der Waals surface area contributed by atoms with Gasteiger partial charge >= 0.3 is 0 Å². The van der Waals surface area contributed by atoms with E-state index >= 15 is 0 Å². The normalized spacial score (nSPS) is 40.6. The summed E-state index contributed by atoms with van der Waals surface area (Å²) in [5.74, 6) is 2.73. The molecule has 2 aliphatic carbocycles. The summed E-state index contributed by atoms with van der Waals surface area (Å²) in [6, 6.07) is 0.693. The predicted octanol–water partition coefficient (Wildman–Crippen LogP) is 2.78. The summed E-state index contributed by atoms with van der Waals surface area (Å²) in [6.45, 7) is 4.66. The van der Waals surface area contributed by atoms with Crippen LogP contribution in [-0.4, -0.2) is 29.1 Å². The lowest BCUT2D eigenvalue weighted by Crippen LogP contribution is -2.49. The van der Waals surface area contributed by atoms with Gasteiger partial charge in [0.1, 0.15) is 0 Å². The fraction of sp³-hybridized carbons (Fsp3) is 0.929. The van der Waals surface area contributed by atoms with Gasteiger partial charge in [-0.1, -0.05) is 13.3 Å². The van der Waals surface area contributed by atoms with E-state index in [1.807, 2.05) is 0 Å². The molecule has 0 unspecified atom stereocenters. The second kappa shape index (κ2) is 4.75. The van der Waals surface area contributed by atoms with E-state index in [-0.39, 0.29) is 0 Å². The second-order valence-corrected chi connectivity index (χ2v) is 6.81. The highest BCUT2D eigenvalue weighted by atomic mass is 32.1. The minimum Gasteiger partial charge on any atom is -0.360 e. The molecule has 2 saturated carbocycles. The largest absolute Gasteiger partial charge is 0.360 e. The van der Waals surface area contributed by atoms with Crippen LogP contribution in [0.1, 0.15) is 45.4 Å². The van der Waals surface area contributed by atoms with Crippen molar-refractivity contribution >= 4 is 17.3 Å². The van der Waals surface area contributed by atoms with Gasteiger partial charge in [0, 0.05) is 19.1 Å². The Bertz CT molecular complexity index is 305. The molecule has 2 nitrogen and oxygen atoms in total. The van der Waals surface area contributed by atoms with Crippen LogP contribution in [0.15, 0.2) is 0 Å². The van der Waals surface area contributed by atoms with Crippen LogP contribution < -0.4 is 5.32 Å². The molecule has 3 fully saturated rings. The molecule has 1 N–H and O–H groups in total. The van der Waals surface area contributed by atoms with Crippen molar-refractivity contribution in [1.82, 2.24) is 10.2 Å². The van der Waals surface area contributed by atoms with Crippen LogP contribution in [0.2, 0.25) is 0 Å². The maximum Gasteiger partial charge on any atom is 0.169 e. The Balaban J connectivity index is 1.53. The third-order valence-electron chi connectivity index (χ3n) is 4.99. The predicted molar refractivity (Wildman–Crippen MR) is 74.9 cm³/mol. The Morgan fingerprint density at radius 3 is 2.76 bits per heavy atom. The maximum atomic E-state index is 5.59. The monoisotopic (exact) mass is 252 g/mol. The van der Waals surface area contributed by atoms with E-state index in [0.717, 1.165) is 36.0 Å². The Hall–Kier alpha value is -0.310. The molecule has 0 aromatic carbocycles. The van der Waals surface area contributed by atoms with E-state index in [4.69, 9.17) is 12.2 Å². The van der Waals surface area contributed by atoms with E-state index in [1.165, 1.54) is 38.5 Å². The SMILES string of the molecule is C[C@H]1CCCN(C(=S)N[C@H]2C[C@@H]3CC[C@@H]2C3)C1. The topological polar surface area (TPSA) is 15.3 Å². The molecule has 0 amide bonds.